The molecule has 0 bridgehead atoms. The van der Waals surface area contributed by atoms with Crippen molar-refractivity contribution in [3.05, 3.63) is 54.1 Å². The van der Waals surface area contributed by atoms with Crippen molar-refractivity contribution in [1.82, 2.24) is 15.6 Å². The molecule has 3 heterocycles. The van der Waals surface area contributed by atoms with Gasteiger partial charge in [-0.2, -0.15) is 0 Å². The van der Waals surface area contributed by atoms with Crippen LogP contribution in [0.1, 0.15) is 30.7 Å². The lowest BCUT2D eigenvalue weighted by Crippen LogP contribution is -2.41. The number of hydrogen-bond donors (Lipinski definition) is 2. The molecule has 2 N–H and O–H groups in total. The second-order valence-electron chi connectivity index (χ2n) is 9.91. The number of amides is 1. The number of hydrogen-bond acceptors (Lipinski definition) is 5. The molecule has 3 aliphatic rings. The lowest BCUT2D eigenvalue weighted by Gasteiger charge is -2.23. The monoisotopic (exact) mass is 456 g/mol. The minimum absolute atomic E-state index is 0.0835. The standard InChI is InChI=1S/C28H32N4O2/c1-29-12-13-34-22-7-4-19(5-8-22)25-15-27(32-16-21-10-11-30-28(33)24(21)17-32)23-9-6-20(18-2-3-18)14-26(23)31-25/h4-9,14-15,18,21,24,29H,2-3,10-13,16-17H2,1H3,(H,30,33). The van der Waals surface area contributed by atoms with E-state index in [-0.39, 0.29) is 11.8 Å². The first-order valence-corrected chi connectivity index (χ1v) is 12.5. The number of fused-ring (bicyclic) bond motifs is 2. The number of ether oxygens (including phenoxy) is 1. The van der Waals surface area contributed by atoms with Gasteiger partial charge in [-0.3, -0.25) is 4.79 Å². The number of nitrogens with zero attached hydrogens (tertiary/aromatic N) is 2. The first-order chi connectivity index (χ1) is 16.7. The summed E-state index contributed by atoms with van der Waals surface area (Å²) in [5, 5.41) is 7.33. The van der Waals surface area contributed by atoms with E-state index in [2.05, 4.69) is 51.9 Å². The number of likely N-dealkylation sites (N-methyl/N-ethyl adjacent to an activating group) is 1. The van der Waals surface area contributed by atoms with Crippen LogP contribution in [0, 0.1) is 11.8 Å². The smallest absolute Gasteiger partial charge is 0.225 e. The molecule has 1 saturated carbocycles. The summed E-state index contributed by atoms with van der Waals surface area (Å²) in [6, 6.07) is 17.2. The third kappa shape index (κ3) is 4.11. The largest absolute Gasteiger partial charge is 0.492 e. The van der Waals surface area contributed by atoms with Crippen LogP contribution in [-0.2, 0) is 4.79 Å². The second-order valence-corrected chi connectivity index (χ2v) is 9.91. The first kappa shape index (κ1) is 21.4. The molecule has 2 atom stereocenters. The van der Waals surface area contributed by atoms with Gasteiger partial charge in [0.05, 0.1) is 17.1 Å². The summed E-state index contributed by atoms with van der Waals surface area (Å²) in [4.78, 5) is 20.0. The van der Waals surface area contributed by atoms with Crippen LogP contribution in [0.5, 0.6) is 5.75 Å². The van der Waals surface area contributed by atoms with Crippen molar-refractivity contribution in [2.75, 3.05) is 44.7 Å². The van der Waals surface area contributed by atoms with Gasteiger partial charge in [-0.25, -0.2) is 4.98 Å². The molecular weight excluding hydrogens is 424 g/mol. The van der Waals surface area contributed by atoms with Crippen molar-refractivity contribution < 1.29 is 9.53 Å². The zero-order valence-electron chi connectivity index (χ0n) is 19.7. The van der Waals surface area contributed by atoms with Gasteiger partial charge in [0, 0.05) is 42.8 Å². The Hall–Kier alpha value is -3.12. The maximum atomic E-state index is 12.5. The highest BCUT2D eigenvalue weighted by Crippen LogP contribution is 2.43. The van der Waals surface area contributed by atoms with Crippen LogP contribution in [0.2, 0.25) is 0 Å². The van der Waals surface area contributed by atoms with E-state index in [0.717, 1.165) is 55.1 Å². The molecule has 2 unspecified atom stereocenters. The van der Waals surface area contributed by atoms with Gasteiger partial charge in [-0.1, -0.05) is 12.1 Å². The van der Waals surface area contributed by atoms with Gasteiger partial charge in [0.1, 0.15) is 12.4 Å². The van der Waals surface area contributed by atoms with E-state index in [9.17, 15) is 4.79 Å². The zero-order valence-corrected chi connectivity index (χ0v) is 19.7. The fourth-order valence-corrected chi connectivity index (χ4v) is 5.47. The summed E-state index contributed by atoms with van der Waals surface area (Å²) in [5.41, 5.74) is 5.68. The van der Waals surface area contributed by atoms with Crippen LogP contribution < -0.4 is 20.3 Å². The molecule has 3 aromatic rings. The van der Waals surface area contributed by atoms with Crippen molar-refractivity contribution in [2.45, 2.75) is 25.2 Å². The van der Waals surface area contributed by atoms with Gasteiger partial charge in [0.15, 0.2) is 0 Å². The van der Waals surface area contributed by atoms with E-state index in [1.165, 1.54) is 29.5 Å². The molecule has 6 heteroatoms. The van der Waals surface area contributed by atoms with Gasteiger partial charge >= 0.3 is 0 Å². The minimum Gasteiger partial charge on any atom is -0.492 e. The first-order valence-electron chi connectivity index (χ1n) is 12.5. The lowest BCUT2D eigenvalue weighted by atomic mass is 9.89. The summed E-state index contributed by atoms with van der Waals surface area (Å²) < 4.78 is 5.80. The summed E-state index contributed by atoms with van der Waals surface area (Å²) in [6.45, 7) is 3.96. The van der Waals surface area contributed by atoms with Gasteiger partial charge in [-0.15, -0.1) is 0 Å². The predicted octanol–water partition coefficient (Wildman–Crippen LogP) is 3.95. The van der Waals surface area contributed by atoms with E-state index in [1.54, 1.807) is 0 Å². The lowest BCUT2D eigenvalue weighted by molar-refractivity contribution is -0.127. The Kier molecular flexibility index (Phi) is 5.61. The Morgan fingerprint density at radius 1 is 1.09 bits per heavy atom. The average molecular weight is 457 g/mol. The third-order valence-corrected chi connectivity index (χ3v) is 7.56. The van der Waals surface area contributed by atoms with Crippen molar-refractivity contribution in [2.24, 2.45) is 11.8 Å². The number of nitrogens with one attached hydrogen (secondary N) is 2. The van der Waals surface area contributed by atoms with Crippen LogP contribution in [-0.4, -0.2) is 50.7 Å². The fraction of sp³-hybridized carbons (Fsp3) is 0.429. The average Bonchev–Trinajstić information content (AvgIpc) is 3.62. The molecule has 176 valence electrons. The molecule has 0 spiro atoms. The van der Waals surface area contributed by atoms with Crippen LogP contribution in [0.4, 0.5) is 5.69 Å². The van der Waals surface area contributed by atoms with Crippen molar-refractivity contribution >= 4 is 22.5 Å². The van der Waals surface area contributed by atoms with Crippen LogP contribution >= 0.6 is 0 Å². The van der Waals surface area contributed by atoms with E-state index >= 15 is 0 Å². The van der Waals surface area contributed by atoms with Crippen LogP contribution in [0.25, 0.3) is 22.2 Å². The third-order valence-electron chi connectivity index (χ3n) is 7.56. The van der Waals surface area contributed by atoms with E-state index in [4.69, 9.17) is 9.72 Å². The van der Waals surface area contributed by atoms with Crippen molar-refractivity contribution in [1.29, 1.82) is 0 Å². The number of carbonyl (C=O) groups excluding carboxylic acids is 1. The van der Waals surface area contributed by atoms with Gasteiger partial charge in [-0.05, 0) is 80.1 Å². The Morgan fingerprint density at radius 3 is 2.71 bits per heavy atom. The fourth-order valence-electron chi connectivity index (χ4n) is 5.47. The van der Waals surface area contributed by atoms with Crippen LogP contribution in [0.15, 0.2) is 48.5 Å². The molecule has 1 aromatic heterocycles. The summed E-state index contributed by atoms with van der Waals surface area (Å²) >= 11 is 0. The van der Waals surface area contributed by atoms with Crippen molar-refractivity contribution in [3.63, 3.8) is 0 Å². The second kappa shape index (κ2) is 8.91. The summed E-state index contributed by atoms with van der Waals surface area (Å²) in [7, 11) is 1.92. The van der Waals surface area contributed by atoms with Crippen molar-refractivity contribution in [3.8, 4) is 17.0 Å². The summed E-state index contributed by atoms with van der Waals surface area (Å²) in [5.74, 6) is 2.28. The number of piperidine rings is 1. The Balaban J connectivity index is 1.37. The molecule has 2 saturated heterocycles. The molecule has 1 amide bonds. The number of anilines is 1. The molecule has 2 aliphatic heterocycles. The molecule has 0 radical (unpaired) electrons. The maximum Gasteiger partial charge on any atom is 0.225 e. The van der Waals surface area contributed by atoms with Gasteiger partial charge < -0.3 is 20.3 Å². The molecule has 3 fully saturated rings. The molecule has 2 aromatic carbocycles. The van der Waals surface area contributed by atoms with E-state index in [1.807, 2.05) is 19.2 Å². The number of rotatable bonds is 7. The molecule has 6 rings (SSSR count). The highest BCUT2D eigenvalue weighted by molar-refractivity contribution is 5.95. The molecule has 6 nitrogen and oxygen atoms in total. The minimum atomic E-state index is 0.0835. The van der Waals surface area contributed by atoms with E-state index in [0.29, 0.717) is 18.4 Å². The predicted molar refractivity (Wildman–Crippen MR) is 135 cm³/mol. The highest BCUT2D eigenvalue weighted by atomic mass is 16.5. The summed E-state index contributed by atoms with van der Waals surface area (Å²) in [6.07, 6.45) is 3.61. The Morgan fingerprint density at radius 2 is 1.94 bits per heavy atom. The zero-order chi connectivity index (χ0) is 23.1. The number of carbonyl (C=O) groups is 1. The number of aromatic nitrogens is 1. The normalized spacial score (nSPS) is 22.0. The maximum absolute atomic E-state index is 12.5. The molecule has 34 heavy (non-hydrogen) atoms. The topological polar surface area (TPSA) is 66.5 Å². The Bertz CT molecular complexity index is 1210. The number of pyridine rings is 1. The SMILES string of the molecule is CNCCOc1ccc(-c2cc(N3CC4CCNC(=O)C4C3)c3ccc(C4CC4)cc3n2)cc1. The highest BCUT2D eigenvalue weighted by Gasteiger charge is 2.40. The van der Waals surface area contributed by atoms with E-state index < -0.39 is 0 Å². The van der Waals surface area contributed by atoms with Gasteiger partial charge in [0.2, 0.25) is 5.91 Å². The number of benzene rings is 2. The quantitative estimate of drug-likeness (QED) is 0.527. The molecule has 1 aliphatic carbocycles. The molecular formula is C28H32N4O2. The Labute approximate surface area is 200 Å². The van der Waals surface area contributed by atoms with Gasteiger partial charge in [0.25, 0.3) is 0 Å². The van der Waals surface area contributed by atoms with Crippen LogP contribution in [0.3, 0.4) is 0 Å².